The van der Waals surface area contributed by atoms with Gasteiger partial charge in [0.05, 0.1) is 11.7 Å². The van der Waals surface area contributed by atoms with Gasteiger partial charge in [-0.3, -0.25) is 9.48 Å². The van der Waals surface area contributed by atoms with Gasteiger partial charge in [-0.1, -0.05) is 75.4 Å². The Morgan fingerprint density at radius 2 is 1.67 bits per heavy atom. The Kier molecular flexibility index (Phi) is 5.17. The third-order valence-corrected chi connectivity index (χ3v) is 4.81. The average molecular weight is 361 g/mol. The van der Waals surface area contributed by atoms with Crippen molar-refractivity contribution in [2.75, 3.05) is 0 Å². The summed E-state index contributed by atoms with van der Waals surface area (Å²) < 4.78 is 1.64. The first-order chi connectivity index (χ1) is 12.8. The van der Waals surface area contributed by atoms with Crippen molar-refractivity contribution >= 4 is 5.91 Å². The molecule has 0 aliphatic carbocycles. The third kappa shape index (κ3) is 4.27. The van der Waals surface area contributed by atoms with Crippen LogP contribution in [-0.4, -0.2) is 15.7 Å². The fraction of sp³-hybridized carbons (Fsp3) is 0.304. The van der Waals surface area contributed by atoms with Gasteiger partial charge in [0.25, 0.3) is 5.91 Å². The van der Waals surface area contributed by atoms with Gasteiger partial charge in [0, 0.05) is 12.6 Å². The molecule has 1 atom stereocenters. The summed E-state index contributed by atoms with van der Waals surface area (Å²) in [6, 6.07) is 20.1. The van der Waals surface area contributed by atoms with Gasteiger partial charge in [0.2, 0.25) is 0 Å². The number of rotatable bonds is 4. The lowest BCUT2D eigenvalue weighted by Crippen LogP contribution is -2.28. The van der Waals surface area contributed by atoms with E-state index in [9.17, 15) is 4.79 Å². The van der Waals surface area contributed by atoms with Crippen LogP contribution in [0.25, 0.3) is 11.3 Å². The van der Waals surface area contributed by atoms with E-state index in [2.05, 4.69) is 55.5 Å². The molecule has 1 heterocycles. The molecule has 0 saturated carbocycles. The van der Waals surface area contributed by atoms with Crippen LogP contribution in [0, 0.1) is 0 Å². The highest BCUT2D eigenvalue weighted by Crippen LogP contribution is 2.26. The molecule has 140 valence electrons. The lowest BCUT2D eigenvalue weighted by Gasteiger charge is -2.18. The zero-order valence-electron chi connectivity index (χ0n) is 16.7. The van der Waals surface area contributed by atoms with E-state index >= 15 is 0 Å². The van der Waals surface area contributed by atoms with Gasteiger partial charge in [-0.05, 0) is 29.5 Å². The van der Waals surface area contributed by atoms with Crippen molar-refractivity contribution in [2.24, 2.45) is 7.05 Å². The van der Waals surface area contributed by atoms with E-state index in [1.165, 1.54) is 5.56 Å². The highest BCUT2D eigenvalue weighted by molar-refractivity contribution is 5.94. The Hall–Kier alpha value is -2.88. The molecule has 0 fully saturated rings. The van der Waals surface area contributed by atoms with Crippen LogP contribution in [-0.2, 0) is 12.5 Å². The molecule has 1 amide bonds. The molecule has 0 bridgehead atoms. The molecule has 3 aromatic rings. The molecule has 0 radical (unpaired) electrons. The second-order valence-corrected chi connectivity index (χ2v) is 7.97. The Morgan fingerprint density at radius 1 is 1.04 bits per heavy atom. The molecule has 0 saturated heterocycles. The van der Waals surface area contributed by atoms with Crippen molar-refractivity contribution in [2.45, 2.75) is 39.2 Å². The molecular weight excluding hydrogens is 334 g/mol. The number of hydrogen-bond acceptors (Lipinski definition) is 2. The highest BCUT2D eigenvalue weighted by atomic mass is 16.2. The molecule has 1 unspecified atom stereocenters. The van der Waals surface area contributed by atoms with Crippen LogP contribution in [0.2, 0.25) is 0 Å². The first-order valence-electron chi connectivity index (χ1n) is 9.26. The van der Waals surface area contributed by atoms with Gasteiger partial charge in [-0.25, -0.2) is 0 Å². The van der Waals surface area contributed by atoms with E-state index in [4.69, 9.17) is 0 Å². The first-order valence-corrected chi connectivity index (χ1v) is 9.26. The van der Waals surface area contributed by atoms with Crippen molar-refractivity contribution in [3.05, 3.63) is 77.5 Å². The number of aromatic nitrogens is 2. The summed E-state index contributed by atoms with van der Waals surface area (Å²) in [6.07, 6.45) is 0. The maximum absolute atomic E-state index is 12.7. The van der Waals surface area contributed by atoms with Gasteiger partial charge in [0.1, 0.15) is 5.69 Å². The van der Waals surface area contributed by atoms with Crippen LogP contribution in [0.1, 0.15) is 55.4 Å². The summed E-state index contributed by atoms with van der Waals surface area (Å²) in [4.78, 5) is 12.7. The predicted octanol–water partition coefficient (Wildman–Crippen LogP) is 4.88. The summed E-state index contributed by atoms with van der Waals surface area (Å²) in [6.45, 7) is 8.56. The molecular formula is C23H27N3O. The third-order valence-electron chi connectivity index (χ3n) is 4.81. The van der Waals surface area contributed by atoms with Gasteiger partial charge < -0.3 is 5.32 Å². The number of benzene rings is 2. The van der Waals surface area contributed by atoms with E-state index in [-0.39, 0.29) is 17.4 Å². The molecule has 27 heavy (non-hydrogen) atoms. The van der Waals surface area contributed by atoms with Gasteiger partial charge in [0.15, 0.2) is 0 Å². The standard InChI is InChI=1S/C23H27N3O/c1-16(17-9-7-6-8-10-17)24-22(27)21-15-20(25-26(21)5)18-11-13-19(14-12-18)23(2,3)4/h6-16H,1-5H3,(H,24,27). The minimum absolute atomic E-state index is 0.0666. The summed E-state index contributed by atoms with van der Waals surface area (Å²) in [5.41, 5.74) is 4.82. The predicted molar refractivity (Wildman–Crippen MR) is 110 cm³/mol. The Balaban J connectivity index is 1.79. The molecule has 4 heteroatoms. The Bertz CT molecular complexity index is 919. The van der Waals surface area contributed by atoms with Crippen molar-refractivity contribution < 1.29 is 4.79 Å². The van der Waals surface area contributed by atoms with Crippen LogP contribution >= 0.6 is 0 Å². The van der Waals surface area contributed by atoms with Crippen LogP contribution in [0.5, 0.6) is 0 Å². The number of carbonyl (C=O) groups excluding carboxylic acids is 1. The normalized spacial score (nSPS) is 12.6. The minimum Gasteiger partial charge on any atom is -0.344 e. The van der Waals surface area contributed by atoms with Crippen molar-refractivity contribution in [1.29, 1.82) is 0 Å². The number of nitrogens with one attached hydrogen (secondary N) is 1. The van der Waals surface area contributed by atoms with Crippen LogP contribution in [0.4, 0.5) is 0 Å². The minimum atomic E-state index is -0.126. The molecule has 1 N–H and O–H groups in total. The summed E-state index contributed by atoms with van der Waals surface area (Å²) in [5.74, 6) is -0.126. The van der Waals surface area contributed by atoms with Gasteiger partial charge in [-0.15, -0.1) is 0 Å². The molecule has 0 aliphatic heterocycles. The number of amides is 1. The highest BCUT2D eigenvalue weighted by Gasteiger charge is 2.18. The maximum Gasteiger partial charge on any atom is 0.270 e. The van der Waals surface area contributed by atoms with Crippen molar-refractivity contribution in [1.82, 2.24) is 15.1 Å². The molecule has 3 rings (SSSR count). The quantitative estimate of drug-likeness (QED) is 0.720. The van der Waals surface area contributed by atoms with E-state index in [1.54, 1.807) is 11.7 Å². The van der Waals surface area contributed by atoms with E-state index in [0.717, 1.165) is 16.8 Å². The molecule has 1 aromatic heterocycles. The lowest BCUT2D eigenvalue weighted by atomic mass is 9.86. The smallest absolute Gasteiger partial charge is 0.270 e. The largest absolute Gasteiger partial charge is 0.344 e. The van der Waals surface area contributed by atoms with Crippen LogP contribution in [0.3, 0.4) is 0 Å². The molecule has 2 aromatic carbocycles. The Labute approximate surface area is 161 Å². The number of aryl methyl sites for hydroxylation is 1. The van der Waals surface area contributed by atoms with E-state index in [1.807, 2.05) is 43.3 Å². The van der Waals surface area contributed by atoms with Gasteiger partial charge in [-0.2, -0.15) is 5.10 Å². The van der Waals surface area contributed by atoms with E-state index in [0.29, 0.717) is 5.69 Å². The zero-order chi connectivity index (χ0) is 19.6. The number of nitrogens with zero attached hydrogens (tertiary/aromatic N) is 2. The maximum atomic E-state index is 12.7. The molecule has 0 spiro atoms. The monoisotopic (exact) mass is 361 g/mol. The fourth-order valence-corrected chi connectivity index (χ4v) is 3.06. The molecule has 0 aliphatic rings. The zero-order valence-corrected chi connectivity index (χ0v) is 16.7. The number of carbonyl (C=O) groups is 1. The topological polar surface area (TPSA) is 46.9 Å². The summed E-state index contributed by atoms with van der Waals surface area (Å²) >= 11 is 0. The molecule has 4 nitrogen and oxygen atoms in total. The number of hydrogen-bond donors (Lipinski definition) is 1. The van der Waals surface area contributed by atoms with Crippen molar-refractivity contribution in [3.8, 4) is 11.3 Å². The Morgan fingerprint density at radius 3 is 2.26 bits per heavy atom. The second kappa shape index (κ2) is 7.39. The van der Waals surface area contributed by atoms with Crippen LogP contribution < -0.4 is 5.32 Å². The van der Waals surface area contributed by atoms with Crippen LogP contribution in [0.15, 0.2) is 60.7 Å². The van der Waals surface area contributed by atoms with Crippen molar-refractivity contribution in [3.63, 3.8) is 0 Å². The van der Waals surface area contributed by atoms with E-state index < -0.39 is 0 Å². The lowest BCUT2D eigenvalue weighted by molar-refractivity contribution is 0.0930. The van der Waals surface area contributed by atoms with Gasteiger partial charge >= 0.3 is 0 Å². The summed E-state index contributed by atoms with van der Waals surface area (Å²) in [5, 5.41) is 7.58. The fourth-order valence-electron chi connectivity index (χ4n) is 3.06. The first kappa shape index (κ1) is 18.9. The second-order valence-electron chi connectivity index (χ2n) is 7.97. The SMILES string of the molecule is CC(NC(=O)c1cc(-c2ccc(C(C)(C)C)cc2)nn1C)c1ccccc1. The summed E-state index contributed by atoms with van der Waals surface area (Å²) in [7, 11) is 1.80. The average Bonchev–Trinajstić information content (AvgIpc) is 3.03.